The Hall–Kier alpha value is -1.03. The summed E-state index contributed by atoms with van der Waals surface area (Å²) in [5.74, 6) is 0.728. The third-order valence-electron chi connectivity index (χ3n) is 2.02. The van der Waals surface area contributed by atoms with Crippen LogP contribution in [-0.2, 0) is 4.79 Å². The number of benzene rings is 1. The lowest BCUT2D eigenvalue weighted by Crippen LogP contribution is -2.30. The number of alkyl halides is 1. The van der Waals surface area contributed by atoms with Crippen LogP contribution in [0.15, 0.2) is 24.3 Å². The Kier molecular flexibility index (Phi) is 4.57. The molecule has 0 bridgehead atoms. The van der Waals surface area contributed by atoms with Crippen LogP contribution < -0.4 is 10.1 Å². The number of amides is 1. The molecule has 4 heteroatoms. The molecule has 1 amide bonds. The van der Waals surface area contributed by atoms with Crippen molar-refractivity contribution in [3.8, 4) is 5.75 Å². The first-order valence-corrected chi connectivity index (χ1v) is 6.35. The summed E-state index contributed by atoms with van der Waals surface area (Å²) in [5.41, 5.74) is 0.763. The summed E-state index contributed by atoms with van der Waals surface area (Å²) < 4.78 is 4.95. The molecular formula is C13H18BrNO2. The van der Waals surface area contributed by atoms with E-state index in [-0.39, 0.29) is 12.0 Å². The van der Waals surface area contributed by atoms with Crippen molar-refractivity contribution in [3.63, 3.8) is 0 Å². The SMILES string of the molecule is CC(C)Oc1ccc(NC(=O)C(C)(C)Br)cc1. The van der Waals surface area contributed by atoms with Gasteiger partial charge < -0.3 is 10.1 Å². The van der Waals surface area contributed by atoms with Crippen LogP contribution in [0.1, 0.15) is 27.7 Å². The summed E-state index contributed by atoms with van der Waals surface area (Å²) in [6.45, 7) is 7.56. The fourth-order valence-electron chi connectivity index (χ4n) is 1.17. The minimum Gasteiger partial charge on any atom is -0.491 e. The van der Waals surface area contributed by atoms with E-state index in [0.717, 1.165) is 11.4 Å². The largest absolute Gasteiger partial charge is 0.491 e. The van der Waals surface area contributed by atoms with Gasteiger partial charge in [0.15, 0.2) is 0 Å². The molecule has 0 aliphatic carbocycles. The molecule has 0 aliphatic heterocycles. The monoisotopic (exact) mass is 299 g/mol. The summed E-state index contributed by atoms with van der Waals surface area (Å²) in [7, 11) is 0. The zero-order chi connectivity index (χ0) is 13.1. The molecule has 0 saturated carbocycles. The molecule has 1 aromatic carbocycles. The van der Waals surface area contributed by atoms with Crippen LogP contribution in [-0.4, -0.2) is 16.3 Å². The number of hydrogen-bond acceptors (Lipinski definition) is 2. The van der Waals surface area contributed by atoms with Crippen LogP contribution in [0.5, 0.6) is 5.75 Å². The zero-order valence-electron chi connectivity index (χ0n) is 10.6. The van der Waals surface area contributed by atoms with Crippen molar-refractivity contribution in [1.29, 1.82) is 0 Å². The summed E-state index contributed by atoms with van der Waals surface area (Å²) >= 11 is 3.31. The predicted molar refractivity (Wildman–Crippen MR) is 73.8 cm³/mol. The number of rotatable bonds is 4. The molecule has 1 rings (SSSR count). The Morgan fingerprint density at radius 2 is 1.82 bits per heavy atom. The third kappa shape index (κ3) is 4.77. The number of carbonyl (C=O) groups is 1. The molecule has 0 heterocycles. The number of halogens is 1. The van der Waals surface area contributed by atoms with Gasteiger partial charge in [0.25, 0.3) is 0 Å². The molecule has 0 radical (unpaired) electrons. The second kappa shape index (κ2) is 5.54. The Balaban J connectivity index is 2.66. The molecule has 0 atom stereocenters. The molecule has 0 fully saturated rings. The molecule has 3 nitrogen and oxygen atoms in total. The van der Waals surface area contributed by atoms with Gasteiger partial charge in [0, 0.05) is 5.69 Å². The number of carbonyl (C=O) groups excluding carboxylic acids is 1. The highest BCUT2D eigenvalue weighted by Crippen LogP contribution is 2.21. The first-order chi connectivity index (χ1) is 7.79. The standard InChI is InChI=1S/C13H18BrNO2/c1-9(2)17-11-7-5-10(6-8-11)15-12(16)13(3,4)14/h5-9H,1-4H3,(H,15,16). The van der Waals surface area contributed by atoms with Gasteiger partial charge in [-0.05, 0) is 52.0 Å². The Bertz CT molecular complexity index is 379. The second-order valence-corrected chi connectivity index (χ2v) is 6.60. The highest BCUT2D eigenvalue weighted by molar-refractivity contribution is 9.10. The molecule has 17 heavy (non-hydrogen) atoms. The first kappa shape index (κ1) is 14.0. The van der Waals surface area contributed by atoms with E-state index < -0.39 is 4.32 Å². The fourth-order valence-corrected chi connectivity index (χ4v) is 1.27. The summed E-state index contributed by atoms with van der Waals surface area (Å²) in [5, 5.41) is 2.82. The molecule has 1 N–H and O–H groups in total. The molecule has 94 valence electrons. The van der Waals surface area contributed by atoms with E-state index in [0.29, 0.717) is 0 Å². The lowest BCUT2D eigenvalue weighted by atomic mass is 10.2. The van der Waals surface area contributed by atoms with Crippen molar-refractivity contribution in [1.82, 2.24) is 0 Å². The van der Waals surface area contributed by atoms with Crippen molar-refractivity contribution in [3.05, 3.63) is 24.3 Å². The highest BCUT2D eigenvalue weighted by atomic mass is 79.9. The van der Waals surface area contributed by atoms with Gasteiger partial charge in [-0.15, -0.1) is 0 Å². The topological polar surface area (TPSA) is 38.3 Å². The Morgan fingerprint density at radius 1 is 1.29 bits per heavy atom. The maximum absolute atomic E-state index is 11.7. The molecule has 0 aromatic heterocycles. The molecular weight excluding hydrogens is 282 g/mol. The number of ether oxygens (including phenoxy) is 1. The van der Waals surface area contributed by atoms with E-state index in [1.807, 2.05) is 38.1 Å². The van der Waals surface area contributed by atoms with Crippen molar-refractivity contribution in [2.75, 3.05) is 5.32 Å². The normalized spacial score (nSPS) is 11.4. The van der Waals surface area contributed by atoms with Gasteiger partial charge in [-0.25, -0.2) is 0 Å². The zero-order valence-corrected chi connectivity index (χ0v) is 12.2. The van der Waals surface area contributed by atoms with E-state index in [2.05, 4.69) is 21.2 Å². The number of nitrogens with one attached hydrogen (secondary N) is 1. The van der Waals surface area contributed by atoms with Crippen LogP contribution in [0.25, 0.3) is 0 Å². The highest BCUT2D eigenvalue weighted by Gasteiger charge is 2.23. The fraction of sp³-hybridized carbons (Fsp3) is 0.462. The Morgan fingerprint density at radius 3 is 2.24 bits per heavy atom. The van der Waals surface area contributed by atoms with E-state index >= 15 is 0 Å². The smallest absolute Gasteiger partial charge is 0.240 e. The van der Waals surface area contributed by atoms with Gasteiger partial charge in [-0.3, -0.25) is 4.79 Å². The van der Waals surface area contributed by atoms with E-state index in [9.17, 15) is 4.79 Å². The lowest BCUT2D eigenvalue weighted by molar-refractivity contribution is -0.117. The van der Waals surface area contributed by atoms with Crippen molar-refractivity contribution in [2.45, 2.75) is 38.1 Å². The number of anilines is 1. The summed E-state index contributed by atoms with van der Waals surface area (Å²) in [4.78, 5) is 11.7. The minimum absolute atomic E-state index is 0.0740. The lowest BCUT2D eigenvalue weighted by Gasteiger charge is -2.16. The van der Waals surface area contributed by atoms with Crippen LogP contribution in [0.3, 0.4) is 0 Å². The molecule has 0 spiro atoms. The van der Waals surface area contributed by atoms with Crippen LogP contribution in [0.2, 0.25) is 0 Å². The van der Waals surface area contributed by atoms with E-state index in [1.165, 1.54) is 0 Å². The van der Waals surface area contributed by atoms with Crippen molar-refractivity contribution in [2.24, 2.45) is 0 Å². The minimum atomic E-state index is -0.569. The van der Waals surface area contributed by atoms with Gasteiger partial charge >= 0.3 is 0 Å². The van der Waals surface area contributed by atoms with Gasteiger partial charge in [-0.1, -0.05) is 15.9 Å². The van der Waals surface area contributed by atoms with Gasteiger partial charge in [0.05, 0.1) is 10.4 Å². The molecule has 0 aliphatic rings. The quantitative estimate of drug-likeness (QED) is 0.863. The van der Waals surface area contributed by atoms with Crippen LogP contribution in [0, 0.1) is 0 Å². The second-order valence-electron chi connectivity index (χ2n) is 4.62. The average molecular weight is 300 g/mol. The maximum atomic E-state index is 11.7. The van der Waals surface area contributed by atoms with Crippen molar-refractivity contribution >= 4 is 27.5 Å². The molecule has 0 unspecified atom stereocenters. The van der Waals surface area contributed by atoms with Crippen LogP contribution in [0.4, 0.5) is 5.69 Å². The van der Waals surface area contributed by atoms with Gasteiger partial charge in [0.2, 0.25) is 5.91 Å². The maximum Gasteiger partial charge on any atom is 0.240 e. The van der Waals surface area contributed by atoms with Gasteiger partial charge in [-0.2, -0.15) is 0 Å². The van der Waals surface area contributed by atoms with E-state index in [1.54, 1.807) is 13.8 Å². The third-order valence-corrected chi connectivity index (χ3v) is 2.38. The molecule has 0 saturated heterocycles. The molecule has 1 aromatic rings. The average Bonchev–Trinajstić information content (AvgIpc) is 2.18. The number of hydrogen-bond donors (Lipinski definition) is 1. The summed E-state index contributed by atoms with van der Waals surface area (Å²) in [6.07, 6.45) is 0.150. The Labute approximate surface area is 111 Å². The summed E-state index contributed by atoms with van der Waals surface area (Å²) in [6, 6.07) is 7.34. The van der Waals surface area contributed by atoms with Gasteiger partial charge in [0.1, 0.15) is 5.75 Å². The first-order valence-electron chi connectivity index (χ1n) is 5.56. The van der Waals surface area contributed by atoms with Crippen LogP contribution >= 0.6 is 15.9 Å². The van der Waals surface area contributed by atoms with E-state index in [4.69, 9.17) is 4.74 Å². The predicted octanol–water partition coefficient (Wildman–Crippen LogP) is 3.59. The van der Waals surface area contributed by atoms with Crippen molar-refractivity contribution < 1.29 is 9.53 Å².